The van der Waals surface area contributed by atoms with Gasteiger partial charge in [0.25, 0.3) is 5.56 Å². The van der Waals surface area contributed by atoms with Crippen LogP contribution < -0.4 is 10.5 Å². The molecule has 1 aliphatic rings. The van der Waals surface area contributed by atoms with E-state index in [-0.39, 0.29) is 5.56 Å². The molecule has 0 radical (unpaired) electrons. The Morgan fingerprint density at radius 2 is 2.08 bits per heavy atom. The summed E-state index contributed by atoms with van der Waals surface area (Å²) < 4.78 is 17.0. The second-order valence-electron chi connectivity index (χ2n) is 6.14. The predicted molar refractivity (Wildman–Crippen MR) is 94.8 cm³/mol. The molecule has 2 aromatic rings. The van der Waals surface area contributed by atoms with Crippen LogP contribution >= 0.6 is 8.25 Å². The number of nitrogens with zero attached hydrogens (tertiary/aromatic N) is 4. The number of hydrogen-bond acceptors (Lipinski definition) is 6. The zero-order chi connectivity index (χ0) is 17.8. The molecular formula is C16H22N4O4P+. The Labute approximate surface area is 146 Å². The summed E-state index contributed by atoms with van der Waals surface area (Å²) >= 11 is 0. The standard InChI is InChI=1S/C16H21N4O4P/c1-2-20-14(21)4-3-13-15(17-11-18-16(13)20)19-8-5-12(6-9-19)7-10-24-25(22)23/h3-4,11-12H,2,5-10H2,1H3/p+1. The number of fused-ring (bicyclic) bond motifs is 1. The third-order valence-corrected chi connectivity index (χ3v) is 5.12. The molecule has 1 saturated heterocycles. The lowest BCUT2D eigenvalue weighted by Crippen LogP contribution is -2.35. The zero-order valence-electron chi connectivity index (χ0n) is 14.2. The van der Waals surface area contributed by atoms with Crippen LogP contribution in [0.1, 0.15) is 26.2 Å². The maximum absolute atomic E-state index is 12.0. The van der Waals surface area contributed by atoms with E-state index in [1.54, 1.807) is 16.7 Å². The minimum Gasteiger partial charge on any atom is -0.356 e. The maximum atomic E-state index is 12.0. The van der Waals surface area contributed by atoms with Crippen LogP contribution in [-0.2, 0) is 15.6 Å². The summed E-state index contributed by atoms with van der Waals surface area (Å²) in [6, 6.07) is 3.37. The summed E-state index contributed by atoms with van der Waals surface area (Å²) in [6.45, 7) is 4.52. The van der Waals surface area contributed by atoms with Crippen molar-refractivity contribution in [3.63, 3.8) is 0 Å². The second kappa shape index (κ2) is 7.99. The number of hydrogen-bond donors (Lipinski definition) is 1. The topological polar surface area (TPSA) is 97.5 Å². The van der Waals surface area contributed by atoms with Gasteiger partial charge in [-0.15, -0.1) is 9.42 Å². The Hall–Kier alpha value is -1.89. The van der Waals surface area contributed by atoms with Crippen molar-refractivity contribution < 1.29 is 14.0 Å². The van der Waals surface area contributed by atoms with Crippen LogP contribution in [0.25, 0.3) is 11.0 Å². The van der Waals surface area contributed by atoms with Crippen molar-refractivity contribution in [3.8, 4) is 0 Å². The Morgan fingerprint density at radius 3 is 2.76 bits per heavy atom. The average molecular weight is 365 g/mol. The molecule has 0 aromatic carbocycles. The van der Waals surface area contributed by atoms with Gasteiger partial charge < -0.3 is 4.90 Å². The van der Waals surface area contributed by atoms with Gasteiger partial charge in [-0.3, -0.25) is 9.36 Å². The summed E-state index contributed by atoms with van der Waals surface area (Å²) in [6.07, 6.45) is 4.26. The van der Waals surface area contributed by atoms with Gasteiger partial charge in [-0.05, 0) is 38.2 Å². The van der Waals surface area contributed by atoms with E-state index in [1.165, 1.54) is 6.33 Å². The molecule has 0 aliphatic carbocycles. The van der Waals surface area contributed by atoms with Crippen LogP contribution in [0.4, 0.5) is 5.82 Å². The molecule has 1 unspecified atom stereocenters. The molecule has 0 bridgehead atoms. The van der Waals surface area contributed by atoms with Crippen molar-refractivity contribution in [3.05, 3.63) is 28.8 Å². The summed E-state index contributed by atoms with van der Waals surface area (Å²) in [5.41, 5.74) is 0.614. The van der Waals surface area contributed by atoms with Crippen molar-refractivity contribution in [1.82, 2.24) is 14.5 Å². The lowest BCUT2D eigenvalue weighted by molar-refractivity contribution is 0.241. The Morgan fingerprint density at radius 1 is 1.32 bits per heavy atom. The highest BCUT2D eigenvalue weighted by Gasteiger charge is 2.23. The number of anilines is 1. The van der Waals surface area contributed by atoms with Gasteiger partial charge in [0.15, 0.2) is 0 Å². The van der Waals surface area contributed by atoms with Crippen molar-refractivity contribution in [2.45, 2.75) is 32.7 Å². The molecule has 1 fully saturated rings. The van der Waals surface area contributed by atoms with E-state index in [0.29, 0.717) is 24.7 Å². The van der Waals surface area contributed by atoms with Crippen LogP contribution in [-0.4, -0.2) is 39.1 Å². The monoisotopic (exact) mass is 365 g/mol. The quantitative estimate of drug-likeness (QED) is 0.783. The molecule has 0 amide bonds. The molecule has 1 atom stereocenters. The fraction of sp³-hybridized carbons (Fsp3) is 0.562. The minimum absolute atomic E-state index is 0.0550. The average Bonchev–Trinajstić information content (AvgIpc) is 2.61. The van der Waals surface area contributed by atoms with Crippen LogP contribution in [0.2, 0.25) is 0 Å². The Kier molecular flexibility index (Phi) is 5.73. The molecule has 0 saturated carbocycles. The van der Waals surface area contributed by atoms with Gasteiger partial charge in [-0.25, -0.2) is 9.97 Å². The normalized spacial score (nSPS) is 16.4. The first-order valence-corrected chi connectivity index (χ1v) is 9.61. The van der Waals surface area contributed by atoms with E-state index in [0.717, 1.165) is 43.6 Å². The maximum Gasteiger partial charge on any atom is 0.694 e. The highest BCUT2D eigenvalue weighted by Crippen LogP contribution is 2.28. The molecule has 8 nitrogen and oxygen atoms in total. The molecular weight excluding hydrogens is 343 g/mol. The second-order valence-corrected chi connectivity index (χ2v) is 6.87. The van der Waals surface area contributed by atoms with E-state index < -0.39 is 8.25 Å². The van der Waals surface area contributed by atoms with E-state index in [2.05, 4.69) is 14.9 Å². The van der Waals surface area contributed by atoms with E-state index in [4.69, 9.17) is 9.42 Å². The van der Waals surface area contributed by atoms with Gasteiger partial charge in [0.1, 0.15) is 24.4 Å². The third kappa shape index (κ3) is 4.03. The molecule has 9 heteroatoms. The number of piperidine rings is 1. The Bertz CT molecular complexity index is 817. The van der Waals surface area contributed by atoms with Crippen LogP contribution in [0.3, 0.4) is 0 Å². The first-order valence-electron chi connectivity index (χ1n) is 8.48. The molecule has 134 valence electrons. The van der Waals surface area contributed by atoms with E-state index >= 15 is 0 Å². The number of rotatable bonds is 6. The summed E-state index contributed by atoms with van der Waals surface area (Å²) in [5.74, 6) is 1.34. The van der Waals surface area contributed by atoms with Crippen molar-refractivity contribution >= 4 is 25.1 Å². The van der Waals surface area contributed by atoms with Crippen molar-refractivity contribution in [2.75, 3.05) is 24.6 Å². The zero-order valence-corrected chi connectivity index (χ0v) is 15.1. The summed E-state index contributed by atoms with van der Waals surface area (Å²) in [4.78, 5) is 31.6. The highest BCUT2D eigenvalue weighted by atomic mass is 31.1. The summed E-state index contributed by atoms with van der Waals surface area (Å²) in [5, 5.41) is 0.892. The van der Waals surface area contributed by atoms with Gasteiger partial charge >= 0.3 is 8.25 Å². The molecule has 0 spiro atoms. The first-order chi connectivity index (χ1) is 12.1. The van der Waals surface area contributed by atoms with Gasteiger partial charge in [0, 0.05) is 30.3 Å². The summed E-state index contributed by atoms with van der Waals surface area (Å²) in [7, 11) is -2.51. The molecule has 3 rings (SSSR count). The van der Waals surface area contributed by atoms with Gasteiger partial charge in [0.2, 0.25) is 0 Å². The lowest BCUT2D eigenvalue weighted by Gasteiger charge is -2.33. The third-order valence-electron chi connectivity index (χ3n) is 4.71. The van der Waals surface area contributed by atoms with Crippen molar-refractivity contribution in [2.24, 2.45) is 5.92 Å². The minimum atomic E-state index is -2.51. The first kappa shape index (κ1) is 17.9. The molecule has 3 heterocycles. The van der Waals surface area contributed by atoms with Gasteiger partial charge in [0.05, 0.1) is 5.39 Å². The SMILES string of the molecule is CCn1c(=O)ccc2c(N3CCC(CCO[P+](=O)O)CC3)ncnc21. The number of aromatic nitrogens is 3. The smallest absolute Gasteiger partial charge is 0.356 e. The lowest BCUT2D eigenvalue weighted by atomic mass is 9.94. The van der Waals surface area contributed by atoms with Crippen LogP contribution in [0.15, 0.2) is 23.3 Å². The molecule has 1 N–H and O–H groups in total. The van der Waals surface area contributed by atoms with Crippen LogP contribution in [0.5, 0.6) is 0 Å². The number of pyridine rings is 1. The Balaban J connectivity index is 1.73. The van der Waals surface area contributed by atoms with Crippen LogP contribution in [0, 0.1) is 5.92 Å². The van der Waals surface area contributed by atoms with E-state index in [1.807, 2.05) is 6.92 Å². The fourth-order valence-electron chi connectivity index (χ4n) is 3.38. The van der Waals surface area contributed by atoms with Crippen molar-refractivity contribution in [1.29, 1.82) is 0 Å². The molecule has 2 aromatic heterocycles. The highest BCUT2D eigenvalue weighted by molar-refractivity contribution is 7.32. The predicted octanol–water partition coefficient (Wildman–Crippen LogP) is 2.08. The number of aryl methyl sites for hydroxylation is 1. The van der Waals surface area contributed by atoms with E-state index in [9.17, 15) is 9.36 Å². The van der Waals surface area contributed by atoms with Gasteiger partial charge in [-0.1, -0.05) is 0 Å². The van der Waals surface area contributed by atoms with Gasteiger partial charge in [-0.2, -0.15) is 0 Å². The fourth-order valence-corrected chi connectivity index (χ4v) is 3.64. The largest absolute Gasteiger partial charge is 0.694 e. The molecule has 25 heavy (non-hydrogen) atoms. The molecule has 1 aliphatic heterocycles.